The SMILES string of the molecule is COc1ccc(CCNS(=O)(=O)c2cccc3cccnc23)cc1Br. The molecular formula is C18H17BrN2O3S. The number of rotatable bonds is 6. The van der Waals surface area contributed by atoms with E-state index in [2.05, 4.69) is 25.6 Å². The van der Waals surface area contributed by atoms with E-state index in [1.54, 1.807) is 31.5 Å². The summed E-state index contributed by atoms with van der Waals surface area (Å²) in [5.74, 6) is 0.742. The third kappa shape index (κ3) is 4.00. The Bertz CT molecular complexity index is 1000. The van der Waals surface area contributed by atoms with Crippen LogP contribution in [0.1, 0.15) is 5.56 Å². The highest BCUT2D eigenvalue weighted by molar-refractivity contribution is 9.10. The van der Waals surface area contributed by atoms with Crippen LogP contribution >= 0.6 is 15.9 Å². The van der Waals surface area contributed by atoms with Gasteiger partial charge in [-0.15, -0.1) is 0 Å². The van der Waals surface area contributed by atoms with Crippen molar-refractivity contribution >= 4 is 36.9 Å². The molecule has 1 aromatic heterocycles. The highest BCUT2D eigenvalue weighted by Crippen LogP contribution is 2.25. The van der Waals surface area contributed by atoms with Gasteiger partial charge < -0.3 is 4.74 Å². The number of benzene rings is 2. The molecule has 0 bridgehead atoms. The van der Waals surface area contributed by atoms with Crippen molar-refractivity contribution in [3.05, 3.63) is 64.8 Å². The second-order valence-corrected chi connectivity index (χ2v) is 8.04. The van der Waals surface area contributed by atoms with Gasteiger partial charge in [0.25, 0.3) is 0 Å². The lowest BCUT2D eigenvalue weighted by Gasteiger charge is -2.10. The minimum Gasteiger partial charge on any atom is -0.496 e. The zero-order valence-electron chi connectivity index (χ0n) is 13.6. The van der Waals surface area contributed by atoms with Crippen molar-refractivity contribution in [2.75, 3.05) is 13.7 Å². The molecule has 0 fully saturated rings. The Labute approximate surface area is 155 Å². The summed E-state index contributed by atoms with van der Waals surface area (Å²) in [7, 11) is -2.03. The van der Waals surface area contributed by atoms with Crippen LogP contribution in [0.3, 0.4) is 0 Å². The van der Waals surface area contributed by atoms with E-state index in [1.165, 1.54) is 0 Å². The zero-order chi connectivity index (χ0) is 17.9. The fourth-order valence-electron chi connectivity index (χ4n) is 2.57. The zero-order valence-corrected chi connectivity index (χ0v) is 16.0. The third-order valence-electron chi connectivity index (χ3n) is 3.81. The highest BCUT2D eigenvalue weighted by Gasteiger charge is 2.17. The van der Waals surface area contributed by atoms with Crippen molar-refractivity contribution in [1.29, 1.82) is 0 Å². The van der Waals surface area contributed by atoms with Crippen LogP contribution in [0, 0.1) is 0 Å². The van der Waals surface area contributed by atoms with E-state index in [0.29, 0.717) is 18.5 Å². The first-order valence-corrected chi connectivity index (χ1v) is 9.95. The van der Waals surface area contributed by atoms with Gasteiger partial charge in [0.2, 0.25) is 10.0 Å². The lowest BCUT2D eigenvalue weighted by atomic mass is 10.1. The van der Waals surface area contributed by atoms with Gasteiger partial charge in [-0.2, -0.15) is 0 Å². The normalized spacial score (nSPS) is 11.6. The Balaban J connectivity index is 1.75. The smallest absolute Gasteiger partial charge is 0.242 e. The second kappa shape index (κ2) is 7.51. The summed E-state index contributed by atoms with van der Waals surface area (Å²) in [6.07, 6.45) is 2.16. The van der Waals surface area contributed by atoms with Crippen LogP contribution in [0.25, 0.3) is 10.9 Å². The van der Waals surface area contributed by atoms with Gasteiger partial charge in [0, 0.05) is 18.1 Å². The Morgan fingerprint density at radius 1 is 1.16 bits per heavy atom. The fraction of sp³-hybridized carbons (Fsp3) is 0.167. The largest absolute Gasteiger partial charge is 0.496 e. The summed E-state index contributed by atoms with van der Waals surface area (Å²) in [6.45, 7) is 0.296. The number of nitrogens with one attached hydrogen (secondary N) is 1. The van der Waals surface area contributed by atoms with Gasteiger partial charge in [-0.3, -0.25) is 4.98 Å². The highest BCUT2D eigenvalue weighted by atomic mass is 79.9. The predicted molar refractivity (Wildman–Crippen MR) is 101 cm³/mol. The molecule has 0 aliphatic heterocycles. The maximum atomic E-state index is 12.6. The molecule has 0 amide bonds. The standard InChI is InChI=1S/C18H17BrN2O3S/c1-24-16-8-7-13(12-15(16)19)9-11-21-25(22,23)17-6-2-4-14-5-3-10-20-18(14)17/h2-8,10,12,21H,9,11H2,1H3. The quantitative estimate of drug-likeness (QED) is 0.662. The van der Waals surface area contributed by atoms with Crippen molar-refractivity contribution in [2.24, 2.45) is 0 Å². The molecule has 0 atom stereocenters. The monoisotopic (exact) mass is 420 g/mol. The molecule has 130 valence electrons. The van der Waals surface area contributed by atoms with Gasteiger partial charge in [0.15, 0.2) is 0 Å². The molecule has 0 saturated carbocycles. The summed E-state index contributed by atoms with van der Waals surface area (Å²) in [6, 6.07) is 14.5. The molecule has 7 heteroatoms. The van der Waals surface area contributed by atoms with Crippen LogP contribution in [0.2, 0.25) is 0 Å². The molecule has 1 N–H and O–H groups in total. The number of nitrogens with zero attached hydrogens (tertiary/aromatic N) is 1. The second-order valence-electron chi connectivity index (χ2n) is 5.45. The predicted octanol–water partition coefficient (Wildman–Crippen LogP) is 3.53. The lowest BCUT2D eigenvalue weighted by molar-refractivity contribution is 0.412. The molecule has 0 unspecified atom stereocenters. The topological polar surface area (TPSA) is 68.3 Å². The third-order valence-corrected chi connectivity index (χ3v) is 5.92. The van der Waals surface area contributed by atoms with Crippen molar-refractivity contribution < 1.29 is 13.2 Å². The molecule has 5 nitrogen and oxygen atoms in total. The molecule has 25 heavy (non-hydrogen) atoms. The number of sulfonamides is 1. The van der Waals surface area contributed by atoms with Crippen LogP contribution in [-0.4, -0.2) is 27.1 Å². The minimum atomic E-state index is -3.63. The first-order valence-electron chi connectivity index (χ1n) is 7.67. The minimum absolute atomic E-state index is 0.196. The molecule has 1 heterocycles. The summed E-state index contributed by atoms with van der Waals surface area (Å²) in [4.78, 5) is 4.40. The van der Waals surface area contributed by atoms with Gasteiger partial charge in [-0.1, -0.05) is 24.3 Å². The molecule has 3 aromatic rings. The van der Waals surface area contributed by atoms with Gasteiger partial charge in [0.1, 0.15) is 10.6 Å². The van der Waals surface area contributed by atoms with Crippen LogP contribution in [0.4, 0.5) is 0 Å². The number of hydrogen-bond acceptors (Lipinski definition) is 4. The van der Waals surface area contributed by atoms with E-state index in [4.69, 9.17) is 4.74 Å². The Morgan fingerprint density at radius 3 is 2.72 bits per heavy atom. The van der Waals surface area contributed by atoms with E-state index in [-0.39, 0.29) is 4.90 Å². The van der Waals surface area contributed by atoms with Gasteiger partial charge in [-0.05, 0) is 52.2 Å². The Morgan fingerprint density at radius 2 is 1.96 bits per heavy atom. The maximum Gasteiger partial charge on any atom is 0.242 e. The number of fused-ring (bicyclic) bond motifs is 1. The molecule has 2 aromatic carbocycles. The molecule has 0 aliphatic carbocycles. The van der Waals surface area contributed by atoms with Gasteiger partial charge in [0.05, 0.1) is 17.1 Å². The van der Waals surface area contributed by atoms with E-state index in [9.17, 15) is 8.42 Å². The average molecular weight is 421 g/mol. The average Bonchev–Trinajstić information content (AvgIpc) is 2.61. The Hall–Kier alpha value is -1.96. The van der Waals surface area contributed by atoms with Crippen LogP contribution in [0.15, 0.2) is 64.1 Å². The number of hydrogen-bond donors (Lipinski definition) is 1. The summed E-state index contributed by atoms with van der Waals surface area (Å²) >= 11 is 3.43. The van der Waals surface area contributed by atoms with Crippen LogP contribution < -0.4 is 9.46 Å². The van der Waals surface area contributed by atoms with E-state index in [0.717, 1.165) is 21.2 Å². The lowest BCUT2D eigenvalue weighted by Crippen LogP contribution is -2.26. The van der Waals surface area contributed by atoms with E-state index < -0.39 is 10.0 Å². The van der Waals surface area contributed by atoms with Gasteiger partial charge >= 0.3 is 0 Å². The summed E-state index contributed by atoms with van der Waals surface area (Å²) in [5, 5.41) is 0.796. The maximum absolute atomic E-state index is 12.6. The van der Waals surface area contributed by atoms with Crippen molar-refractivity contribution in [3.8, 4) is 5.75 Å². The number of para-hydroxylation sites is 1. The molecule has 0 saturated heterocycles. The molecular weight excluding hydrogens is 404 g/mol. The number of pyridine rings is 1. The number of aromatic nitrogens is 1. The summed E-state index contributed by atoms with van der Waals surface area (Å²) in [5.41, 5.74) is 1.48. The fourth-order valence-corrected chi connectivity index (χ4v) is 4.36. The van der Waals surface area contributed by atoms with Crippen molar-refractivity contribution in [3.63, 3.8) is 0 Å². The molecule has 0 spiro atoms. The number of halogens is 1. The Kier molecular flexibility index (Phi) is 5.36. The van der Waals surface area contributed by atoms with Crippen LogP contribution in [0.5, 0.6) is 5.75 Å². The molecule has 0 radical (unpaired) electrons. The molecule has 3 rings (SSSR count). The number of methoxy groups -OCH3 is 1. The van der Waals surface area contributed by atoms with Crippen molar-refractivity contribution in [1.82, 2.24) is 9.71 Å². The van der Waals surface area contributed by atoms with E-state index >= 15 is 0 Å². The van der Waals surface area contributed by atoms with Gasteiger partial charge in [-0.25, -0.2) is 13.1 Å². The first kappa shape index (κ1) is 17.8. The molecule has 0 aliphatic rings. The number of ether oxygens (including phenoxy) is 1. The first-order chi connectivity index (χ1) is 12.0. The van der Waals surface area contributed by atoms with Crippen LogP contribution in [-0.2, 0) is 16.4 Å². The summed E-state index contributed by atoms with van der Waals surface area (Å²) < 4.78 is 33.9. The van der Waals surface area contributed by atoms with E-state index in [1.807, 2.05) is 30.3 Å². The van der Waals surface area contributed by atoms with Crippen molar-refractivity contribution in [2.45, 2.75) is 11.3 Å².